The van der Waals surface area contributed by atoms with Crippen molar-refractivity contribution in [3.63, 3.8) is 0 Å². The predicted octanol–water partition coefficient (Wildman–Crippen LogP) is 6.74. The van der Waals surface area contributed by atoms with Crippen molar-refractivity contribution in [2.24, 2.45) is 5.92 Å². The average molecular weight is 559 g/mol. The Kier molecular flexibility index (Phi) is 10.4. The minimum absolute atomic E-state index is 0.0152. The lowest BCUT2D eigenvalue weighted by atomic mass is 9.89. The molecule has 0 saturated heterocycles. The third-order valence-electron chi connectivity index (χ3n) is 6.46. The van der Waals surface area contributed by atoms with Crippen LogP contribution in [0.3, 0.4) is 0 Å². The van der Waals surface area contributed by atoms with Crippen molar-refractivity contribution in [2.45, 2.75) is 85.3 Å². The fraction of sp³-hybridized carbons (Fsp3) is 0.567. The van der Waals surface area contributed by atoms with E-state index in [4.69, 9.17) is 14.2 Å². The second-order valence-electron chi connectivity index (χ2n) is 11.4. The summed E-state index contributed by atoms with van der Waals surface area (Å²) in [6, 6.07) is 7.67. The van der Waals surface area contributed by atoms with E-state index in [0.717, 1.165) is 29.0 Å². The van der Waals surface area contributed by atoms with Crippen molar-refractivity contribution in [2.75, 3.05) is 25.2 Å². The first kappa shape index (κ1) is 30.5. The average Bonchev–Trinajstić information content (AvgIpc) is 3.20. The number of rotatable bonds is 9. The first-order valence-corrected chi connectivity index (χ1v) is 14.5. The van der Waals surface area contributed by atoms with Gasteiger partial charge in [0.2, 0.25) is 0 Å². The molecule has 1 N–H and O–H groups in total. The van der Waals surface area contributed by atoms with Crippen LogP contribution in [0.15, 0.2) is 24.3 Å². The first-order valence-electron chi connectivity index (χ1n) is 13.6. The van der Waals surface area contributed by atoms with Crippen LogP contribution in [0.25, 0.3) is 10.4 Å². The van der Waals surface area contributed by atoms with Crippen LogP contribution in [-0.4, -0.2) is 49.9 Å². The van der Waals surface area contributed by atoms with E-state index in [0.29, 0.717) is 23.8 Å². The van der Waals surface area contributed by atoms with E-state index in [9.17, 15) is 14.4 Å². The SMILES string of the molecule is COC(=O)c1sc(-c2cccc(N(CC3CCCCC3)C(=O)NC(C)C)c2)c(C)c1OCC(=O)OC(C)(C)C. The molecule has 0 bridgehead atoms. The van der Waals surface area contributed by atoms with Gasteiger partial charge in [0.1, 0.15) is 11.4 Å². The molecule has 3 rings (SSSR count). The second-order valence-corrected chi connectivity index (χ2v) is 12.4. The van der Waals surface area contributed by atoms with Crippen LogP contribution in [0.5, 0.6) is 5.75 Å². The van der Waals surface area contributed by atoms with Crippen LogP contribution in [0.2, 0.25) is 0 Å². The zero-order chi connectivity index (χ0) is 28.7. The van der Waals surface area contributed by atoms with Crippen LogP contribution < -0.4 is 15.0 Å². The molecule has 1 aromatic heterocycles. The number of carbonyl (C=O) groups is 3. The molecule has 0 aliphatic heterocycles. The number of hydrogen-bond donors (Lipinski definition) is 1. The van der Waals surface area contributed by atoms with Gasteiger partial charge in [-0.25, -0.2) is 14.4 Å². The van der Waals surface area contributed by atoms with Gasteiger partial charge in [-0.05, 0) is 78.0 Å². The molecular formula is C30H42N2O6S. The Labute approximate surface area is 236 Å². The van der Waals surface area contributed by atoms with E-state index in [1.54, 1.807) is 20.8 Å². The molecule has 39 heavy (non-hydrogen) atoms. The highest BCUT2D eigenvalue weighted by Gasteiger charge is 2.27. The molecule has 2 amide bonds. The summed E-state index contributed by atoms with van der Waals surface area (Å²) in [5.41, 5.74) is 1.71. The normalized spacial score (nSPS) is 14.2. The summed E-state index contributed by atoms with van der Waals surface area (Å²) in [6.45, 7) is 11.4. The third kappa shape index (κ3) is 8.46. The molecule has 0 unspecified atom stereocenters. The molecule has 1 aliphatic carbocycles. The van der Waals surface area contributed by atoms with Crippen LogP contribution in [0.1, 0.15) is 82.0 Å². The number of methoxy groups -OCH3 is 1. The predicted molar refractivity (Wildman–Crippen MR) is 155 cm³/mol. The molecule has 1 saturated carbocycles. The summed E-state index contributed by atoms with van der Waals surface area (Å²) < 4.78 is 16.2. The highest BCUT2D eigenvalue weighted by Crippen LogP contribution is 2.42. The van der Waals surface area contributed by atoms with E-state index in [1.165, 1.54) is 37.7 Å². The maximum absolute atomic E-state index is 13.3. The largest absolute Gasteiger partial charge is 0.480 e. The number of anilines is 1. The quantitative estimate of drug-likeness (QED) is 0.343. The molecule has 1 heterocycles. The molecule has 2 aromatic rings. The van der Waals surface area contributed by atoms with Crippen molar-refractivity contribution >= 4 is 35.0 Å². The molecule has 0 spiro atoms. The van der Waals surface area contributed by atoms with Crippen LogP contribution in [0.4, 0.5) is 10.5 Å². The molecule has 0 atom stereocenters. The van der Waals surface area contributed by atoms with Gasteiger partial charge in [-0.15, -0.1) is 11.3 Å². The summed E-state index contributed by atoms with van der Waals surface area (Å²) in [7, 11) is 1.31. The molecule has 1 aliphatic rings. The van der Waals surface area contributed by atoms with Gasteiger partial charge in [0, 0.05) is 28.7 Å². The second kappa shape index (κ2) is 13.3. The molecular weight excluding hydrogens is 516 g/mol. The number of carbonyl (C=O) groups excluding carboxylic acids is 3. The summed E-state index contributed by atoms with van der Waals surface area (Å²) in [4.78, 5) is 41.1. The number of ether oxygens (including phenoxy) is 3. The lowest BCUT2D eigenvalue weighted by Gasteiger charge is -2.31. The van der Waals surface area contributed by atoms with E-state index in [2.05, 4.69) is 5.32 Å². The van der Waals surface area contributed by atoms with Crippen LogP contribution in [-0.2, 0) is 14.3 Å². The fourth-order valence-electron chi connectivity index (χ4n) is 4.75. The Bertz CT molecular complexity index is 1160. The monoisotopic (exact) mass is 558 g/mol. The zero-order valence-electron chi connectivity index (χ0n) is 24.2. The van der Waals surface area contributed by atoms with Crippen molar-refractivity contribution in [3.05, 3.63) is 34.7 Å². The Hall–Kier alpha value is -3.07. The summed E-state index contributed by atoms with van der Waals surface area (Å²) in [5, 5.41) is 3.05. The Morgan fingerprint density at radius 1 is 1.13 bits per heavy atom. The van der Waals surface area contributed by atoms with Gasteiger partial charge in [-0.2, -0.15) is 0 Å². The maximum atomic E-state index is 13.3. The van der Waals surface area contributed by atoms with E-state index >= 15 is 0 Å². The highest BCUT2D eigenvalue weighted by atomic mass is 32.1. The van der Waals surface area contributed by atoms with Gasteiger partial charge in [-0.1, -0.05) is 31.4 Å². The first-order chi connectivity index (χ1) is 18.4. The number of thiophene rings is 1. The standard InChI is InChI=1S/C30H42N2O6S/c1-19(2)31-29(35)32(17-21-12-9-8-10-13-21)23-15-11-14-22(16-23)26-20(3)25(27(39-26)28(34)36-7)37-18-24(33)38-30(4,5)6/h11,14-16,19,21H,8-10,12-13,17-18H2,1-7H3,(H,31,35). The minimum Gasteiger partial charge on any atom is -0.480 e. The van der Waals surface area contributed by atoms with E-state index in [1.807, 2.05) is 49.9 Å². The van der Waals surface area contributed by atoms with Gasteiger partial charge in [0.05, 0.1) is 7.11 Å². The fourth-order valence-corrected chi connectivity index (χ4v) is 5.92. The molecule has 0 radical (unpaired) electrons. The molecule has 214 valence electrons. The number of benzene rings is 1. The lowest BCUT2D eigenvalue weighted by molar-refractivity contribution is -0.157. The van der Waals surface area contributed by atoms with Gasteiger partial charge in [-0.3, -0.25) is 4.90 Å². The van der Waals surface area contributed by atoms with Gasteiger partial charge in [0.25, 0.3) is 0 Å². The Morgan fingerprint density at radius 2 is 1.82 bits per heavy atom. The molecule has 1 aromatic carbocycles. The molecule has 1 fully saturated rings. The summed E-state index contributed by atoms with van der Waals surface area (Å²) in [6.07, 6.45) is 5.89. The maximum Gasteiger partial charge on any atom is 0.351 e. The number of urea groups is 1. The van der Waals surface area contributed by atoms with Crippen LogP contribution >= 0.6 is 11.3 Å². The number of nitrogens with one attached hydrogen (secondary N) is 1. The van der Waals surface area contributed by atoms with Crippen molar-refractivity contribution in [1.82, 2.24) is 5.32 Å². The van der Waals surface area contributed by atoms with E-state index < -0.39 is 17.5 Å². The number of amides is 2. The van der Waals surface area contributed by atoms with Crippen molar-refractivity contribution < 1.29 is 28.6 Å². The highest BCUT2D eigenvalue weighted by molar-refractivity contribution is 7.18. The zero-order valence-corrected chi connectivity index (χ0v) is 25.0. The number of hydrogen-bond acceptors (Lipinski definition) is 7. The van der Waals surface area contributed by atoms with Crippen LogP contribution in [0, 0.1) is 12.8 Å². The Balaban J connectivity index is 1.95. The van der Waals surface area contributed by atoms with Gasteiger partial charge in [0.15, 0.2) is 11.5 Å². The number of esters is 2. The Morgan fingerprint density at radius 3 is 2.44 bits per heavy atom. The van der Waals surface area contributed by atoms with E-state index in [-0.39, 0.29) is 23.6 Å². The summed E-state index contributed by atoms with van der Waals surface area (Å²) >= 11 is 1.24. The third-order valence-corrected chi connectivity index (χ3v) is 7.76. The van der Waals surface area contributed by atoms with Gasteiger partial charge >= 0.3 is 18.0 Å². The lowest BCUT2D eigenvalue weighted by Crippen LogP contribution is -2.45. The smallest absolute Gasteiger partial charge is 0.351 e. The number of nitrogens with zero attached hydrogens (tertiary/aromatic N) is 1. The molecule has 8 nitrogen and oxygen atoms in total. The van der Waals surface area contributed by atoms with Gasteiger partial charge < -0.3 is 19.5 Å². The topological polar surface area (TPSA) is 94.2 Å². The van der Waals surface area contributed by atoms with Crippen molar-refractivity contribution in [1.29, 1.82) is 0 Å². The van der Waals surface area contributed by atoms with Crippen molar-refractivity contribution in [3.8, 4) is 16.2 Å². The molecule has 9 heteroatoms. The summed E-state index contributed by atoms with van der Waals surface area (Å²) in [5.74, 6) is -0.306. The minimum atomic E-state index is -0.647.